The van der Waals surface area contributed by atoms with Crippen molar-refractivity contribution >= 4 is 6.03 Å². The van der Waals surface area contributed by atoms with Crippen LogP contribution in [0.25, 0.3) is 0 Å². The van der Waals surface area contributed by atoms with Gasteiger partial charge in [-0.05, 0) is 56.2 Å². The first-order valence-electron chi connectivity index (χ1n) is 10.2. The van der Waals surface area contributed by atoms with Gasteiger partial charge in [0.1, 0.15) is 5.75 Å². The molecule has 5 nitrogen and oxygen atoms in total. The summed E-state index contributed by atoms with van der Waals surface area (Å²) in [5.74, 6) is 1.76. The first-order chi connectivity index (χ1) is 12.7. The van der Waals surface area contributed by atoms with Crippen LogP contribution in [0.15, 0.2) is 24.3 Å². The van der Waals surface area contributed by atoms with Crippen molar-refractivity contribution in [2.75, 3.05) is 26.2 Å². The van der Waals surface area contributed by atoms with Crippen molar-refractivity contribution in [2.45, 2.75) is 58.0 Å². The molecule has 1 aliphatic heterocycles. The third-order valence-electron chi connectivity index (χ3n) is 5.58. The van der Waals surface area contributed by atoms with Crippen molar-refractivity contribution < 1.29 is 9.53 Å². The van der Waals surface area contributed by atoms with Gasteiger partial charge >= 0.3 is 6.03 Å². The van der Waals surface area contributed by atoms with Crippen LogP contribution in [0.1, 0.15) is 51.0 Å². The van der Waals surface area contributed by atoms with Crippen LogP contribution in [0.4, 0.5) is 4.79 Å². The molecule has 2 fully saturated rings. The van der Waals surface area contributed by atoms with Crippen molar-refractivity contribution in [2.24, 2.45) is 5.92 Å². The van der Waals surface area contributed by atoms with Crippen molar-refractivity contribution in [3.05, 3.63) is 29.8 Å². The minimum atomic E-state index is -0.0685. The van der Waals surface area contributed by atoms with E-state index in [0.717, 1.165) is 43.2 Å². The summed E-state index contributed by atoms with van der Waals surface area (Å²) < 4.78 is 5.50. The van der Waals surface area contributed by atoms with Crippen LogP contribution in [-0.2, 0) is 6.54 Å². The molecule has 1 saturated heterocycles. The number of urea groups is 1. The summed E-state index contributed by atoms with van der Waals surface area (Å²) in [7, 11) is 0. The molecule has 1 saturated carbocycles. The minimum absolute atomic E-state index is 0.0685. The Morgan fingerprint density at radius 2 is 1.96 bits per heavy atom. The third kappa shape index (κ3) is 5.90. The van der Waals surface area contributed by atoms with E-state index in [2.05, 4.69) is 15.5 Å². The molecule has 2 aliphatic rings. The number of likely N-dealkylation sites (tertiary alicyclic amines) is 1. The van der Waals surface area contributed by atoms with E-state index in [4.69, 9.17) is 4.74 Å². The predicted octanol–water partition coefficient (Wildman–Crippen LogP) is 3.54. The molecule has 1 heterocycles. The molecule has 0 aromatic heterocycles. The summed E-state index contributed by atoms with van der Waals surface area (Å²) in [5, 5.41) is 6.10. The zero-order valence-electron chi connectivity index (χ0n) is 16.0. The zero-order chi connectivity index (χ0) is 18.2. The molecule has 5 heteroatoms. The fourth-order valence-corrected chi connectivity index (χ4v) is 4.15. The second kappa shape index (κ2) is 9.81. The van der Waals surface area contributed by atoms with E-state index in [9.17, 15) is 4.79 Å². The number of carbonyl (C=O) groups is 1. The number of nitrogens with one attached hydrogen (secondary N) is 2. The normalized spacial score (nSPS) is 19.4. The molecule has 0 unspecified atom stereocenters. The average molecular weight is 360 g/mol. The van der Waals surface area contributed by atoms with Gasteiger partial charge in [-0.25, -0.2) is 4.79 Å². The number of hydrogen-bond acceptors (Lipinski definition) is 3. The maximum atomic E-state index is 12.2. The van der Waals surface area contributed by atoms with Gasteiger partial charge in [-0.2, -0.15) is 0 Å². The number of amides is 2. The van der Waals surface area contributed by atoms with E-state index in [1.165, 1.54) is 32.2 Å². The monoisotopic (exact) mass is 359 g/mol. The van der Waals surface area contributed by atoms with Crippen molar-refractivity contribution in [3.63, 3.8) is 0 Å². The number of piperidine rings is 1. The topological polar surface area (TPSA) is 53.6 Å². The number of hydrogen-bond donors (Lipinski definition) is 2. The molecule has 0 spiro atoms. The van der Waals surface area contributed by atoms with Crippen molar-refractivity contribution in [3.8, 4) is 5.75 Å². The third-order valence-corrected chi connectivity index (χ3v) is 5.58. The number of nitrogens with zero attached hydrogens (tertiary/aromatic N) is 1. The van der Waals surface area contributed by atoms with Crippen molar-refractivity contribution in [1.29, 1.82) is 0 Å². The second-order valence-electron chi connectivity index (χ2n) is 7.63. The molecule has 26 heavy (non-hydrogen) atoms. The lowest BCUT2D eigenvalue weighted by Gasteiger charge is -2.33. The molecule has 1 aromatic carbocycles. The maximum Gasteiger partial charge on any atom is 0.315 e. The summed E-state index contributed by atoms with van der Waals surface area (Å²) in [6.07, 6.45) is 7.75. The first-order valence-corrected chi connectivity index (χ1v) is 10.2. The van der Waals surface area contributed by atoms with E-state index in [-0.39, 0.29) is 6.03 Å². The number of rotatable bonds is 7. The predicted molar refractivity (Wildman–Crippen MR) is 104 cm³/mol. The van der Waals surface area contributed by atoms with Gasteiger partial charge in [0.15, 0.2) is 0 Å². The standard InChI is InChI=1S/C21H33N3O2/c1-2-26-20-9-5-8-18(14-20)15-22-21(25)23-19-10-12-24(13-11-19)16-17-6-3-4-7-17/h5,8-9,14,17,19H,2-4,6-7,10-13,15-16H2,1H3,(H2,22,23,25). The average Bonchev–Trinajstić information content (AvgIpc) is 3.15. The lowest BCUT2D eigenvalue weighted by atomic mass is 10.0. The molecule has 1 aliphatic carbocycles. The molecule has 0 atom stereocenters. The Morgan fingerprint density at radius 1 is 1.19 bits per heavy atom. The minimum Gasteiger partial charge on any atom is -0.494 e. The molecular weight excluding hydrogens is 326 g/mol. The lowest BCUT2D eigenvalue weighted by molar-refractivity contribution is 0.171. The van der Waals surface area contributed by atoms with Gasteiger partial charge in [-0.15, -0.1) is 0 Å². The van der Waals surface area contributed by atoms with Crippen LogP contribution in [0.3, 0.4) is 0 Å². The Labute approximate surface area is 157 Å². The second-order valence-corrected chi connectivity index (χ2v) is 7.63. The SMILES string of the molecule is CCOc1cccc(CNC(=O)NC2CCN(CC3CCCC3)CC2)c1. The van der Waals surface area contributed by atoms with Gasteiger partial charge < -0.3 is 20.3 Å². The highest BCUT2D eigenvalue weighted by Crippen LogP contribution is 2.26. The highest BCUT2D eigenvalue weighted by atomic mass is 16.5. The van der Waals surface area contributed by atoms with E-state index < -0.39 is 0 Å². The largest absolute Gasteiger partial charge is 0.494 e. The van der Waals surface area contributed by atoms with Gasteiger partial charge in [0.2, 0.25) is 0 Å². The molecule has 1 aromatic rings. The van der Waals surface area contributed by atoms with Crippen LogP contribution in [-0.4, -0.2) is 43.2 Å². The van der Waals surface area contributed by atoms with Gasteiger partial charge in [0, 0.05) is 32.2 Å². The number of carbonyl (C=O) groups excluding carboxylic acids is 1. The highest BCUT2D eigenvalue weighted by Gasteiger charge is 2.24. The van der Waals surface area contributed by atoms with Gasteiger partial charge in [-0.3, -0.25) is 0 Å². The molecule has 0 radical (unpaired) electrons. The summed E-state index contributed by atoms with van der Waals surface area (Å²) in [6, 6.07) is 8.10. The van der Waals surface area contributed by atoms with E-state index in [0.29, 0.717) is 19.2 Å². The Morgan fingerprint density at radius 3 is 2.69 bits per heavy atom. The zero-order valence-corrected chi connectivity index (χ0v) is 16.0. The highest BCUT2D eigenvalue weighted by molar-refractivity contribution is 5.74. The van der Waals surface area contributed by atoms with E-state index in [1.807, 2.05) is 31.2 Å². The molecule has 2 N–H and O–H groups in total. The summed E-state index contributed by atoms with van der Waals surface area (Å²) in [6.45, 7) is 6.62. The van der Waals surface area contributed by atoms with Gasteiger partial charge in [0.05, 0.1) is 6.61 Å². The maximum absolute atomic E-state index is 12.2. The smallest absolute Gasteiger partial charge is 0.315 e. The molecule has 3 rings (SSSR count). The van der Waals surface area contributed by atoms with Gasteiger partial charge in [0.25, 0.3) is 0 Å². The Bertz CT molecular complexity index is 564. The molecule has 144 valence electrons. The molecule has 2 amide bonds. The first kappa shape index (κ1) is 19.0. The quantitative estimate of drug-likeness (QED) is 0.783. The lowest BCUT2D eigenvalue weighted by Crippen LogP contribution is -2.48. The van der Waals surface area contributed by atoms with Crippen LogP contribution in [0.2, 0.25) is 0 Å². The van der Waals surface area contributed by atoms with Gasteiger partial charge in [-0.1, -0.05) is 25.0 Å². The summed E-state index contributed by atoms with van der Waals surface area (Å²) in [5.41, 5.74) is 1.05. The van der Waals surface area contributed by atoms with Crippen LogP contribution < -0.4 is 15.4 Å². The Kier molecular flexibility index (Phi) is 7.18. The molecular formula is C21H33N3O2. The molecule has 0 bridgehead atoms. The van der Waals surface area contributed by atoms with Crippen LogP contribution in [0, 0.1) is 5.92 Å². The number of benzene rings is 1. The Balaban J connectivity index is 1.34. The van der Waals surface area contributed by atoms with Crippen molar-refractivity contribution in [1.82, 2.24) is 15.5 Å². The van der Waals surface area contributed by atoms with E-state index >= 15 is 0 Å². The van der Waals surface area contributed by atoms with E-state index in [1.54, 1.807) is 0 Å². The number of ether oxygens (including phenoxy) is 1. The van der Waals surface area contributed by atoms with Crippen LogP contribution in [0.5, 0.6) is 5.75 Å². The Hall–Kier alpha value is -1.75. The van der Waals surface area contributed by atoms with Crippen LogP contribution >= 0.6 is 0 Å². The summed E-state index contributed by atoms with van der Waals surface area (Å²) in [4.78, 5) is 14.8. The fourth-order valence-electron chi connectivity index (χ4n) is 4.15. The fraction of sp³-hybridized carbons (Fsp3) is 0.667. The summed E-state index contributed by atoms with van der Waals surface area (Å²) >= 11 is 0.